The molecule has 2 heterocycles. The van der Waals surface area contributed by atoms with Gasteiger partial charge in [-0.2, -0.15) is 5.10 Å². The van der Waals surface area contributed by atoms with Crippen LogP contribution in [0.3, 0.4) is 0 Å². The van der Waals surface area contributed by atoms with Crippen LogP contribution in [0.2, 0.25) is 0 Å². The first-order valence-electron chi connectivity index (χ1n) is 6.91. The molecule has 3 rings (SSSR count). The Morgan fingerprint density at radius 3 is 2.86 bits per heavy atom. The van der Waals surface area contributed by atoms with E-state index in [0.717, 1.165) is 35.5 Å². The summed E-state index contributed by atoms with van der Waals surface area (Å²) in [5.74, 6) is 1.11. The summed E-state index contributed by atoms with van der Waals surface area (Å²) in [6.07, 6.45) is 4.02. The smallest absolute Gasteiger partial charge is 0.137 e. The Kier molecular flexibility index (Phi) is 4.57. The maximum absolute atomic E-state index is 5.34. The number of hydrogen-bond acceptors (Lipinski definition) is 4. The summed E-state index contributed by atoms with van der Waals surface area (Å²) in [5, 5.41) is 4.43. The van der Waals surface area contributed by atoms with Gasteiger partial charge in [-0.15, -0.1) is 0 Å². The molecule has 1 aromatic carbocycles. The highest BCUT2D eigenvalue weighted by molar-refractivity contribution is 8.23. The summed E-state index contributed by atoms with van der Waals surface area (Å²) < 4.78 is 2.93. The molecule has 0 unspecified atom stereocenters. The van der Waals surface area contributed by atoms with Crippen molar-refractivity contribution in [3.05, 3.63) is 48.3 Å². The van der Waals surface area contributed by atoms with E-state index in [1.54, 1.807) is 11.8 Å². The molecule has 0 atom stereocenters. The van der Waals surface area contributed by atoms with E-state index < -0.39 is 0 Å². The zero-order chi connectivity index (χ0) is 14.7. The van der Waals surface area contributed by atoms with Crippen LogP contribution in [0.1, 0.15) is 5.56 Å². The maximum atomic E-state index is 5.34. The summed E-state index contributed by atoms with van der Waals surface area (Å²) in [6, 6.07) is 10.2. The van der Waals surface area contributed by atoms with Crippen molar-refractivity contribution < 1.29 is 0 Å². The molecule has 0 N–H and O–H groups in total. The maximum Gasteiger partial charge on any atom is 0.137 e. The molecular weight excluding hydrogens is 300 g/mol. The molecule has 1 aromatic heterocycles. The number of hydrogen-bond donors (Lipinski definition) is 0. The topological polar surface area (TPSA) is 24.3 Å². The molecular formula is C15H18N4S2. The number of benzene rings is 1. The quantitative estimate of drug-likeness (QED) is 0.789. The minimum Gasteiger partial charge on any atom is -0.344 e. The Hall–Kier alpha value is -1.37. The molecule has 2 aromatic rings. The SMILES string of the molecule is CN(Cc1cnn(-c2ccccc2)c1)CN1CCSC1=S. The van der Waals surface area contributed by atoms with Gasteiger partial charge in [0.15, 0.2) is 0 Å². The van der Waals surface area contributed by atoms with Gasteiger partial charge in [0.25, 0.3) is 0 Å². The van der Waals surface area contributed by atoms with Gasteiger partial charge >= 0.3 is 0 Å². The number of rotatable bonds is 5. The highest BCUT2D eigenvalue weighted by Crippen LogP contribution is 2.18. The van der Waals surface area contributed by atoms with Gasteiger partial charge in [-0.05, 0) is 19.2 Å². The second-order valence-electron chi connectivity index (χ2n) is 5.16. The lowest BCUT2D eigenvalue weighted by atomic mass is 10.3. The Morgan fingerprint density at radius 2 is 2.14 bits per heavy atom. The average Bonchev–Trinajstić information content (AvgIpc) is 3.10. The van der Waals surface area contributed by atoms with E-state index in [0.29, 0.717) is 0 Å². The van der Waals surface area contributed by atoms with Crippen molar-refractivity contribution in [2.24, 2.45) is 0 Å². The van der Waals surface area contributed by atoms with E-state index in [9.17, 15) is 0 Å². The monoisotopic (exact) mass is 318 g/mol. The van der Waals surface area contributed by atoms with Crippen LogP contribution in [-0.4, -0.2) is 49.9 Å². The predicted octanol–water partition coefficient (Wildman–Crippen LogP) is 2.60. The zero-order valence-corrected chi connectivity index (χ0v) is 13.6. The molecule has 0 bridgehead atoms. The van der Waals surface area contributed by atoms with E-state index >= 15 is 0 Å². The fraction of sp³-hybridized carbons (Fsp3) is 0.333. The summed E-state index contributed by atoms with van der Waals surface area (Å²) in [6.45, 7) is 2.80. The fourth-order valence-corrected chi connectivity index (χ4v) is 3.59. The number of para-hydroxylation sites is 1. The lowest BCUT2D eigenvalue weighted by Crippen LogP contribution is -2.35. The number of thioether (sulfide) groups is 1. The summed E-state index contributed by atoms with van der Waals surface area (Å²) in [4.78, 5) is 4.52. The molecule has 0 aliphatic carbocycles. The Balaban J connectivity index is 1.60. The summed E-state index contributed by atoms with van der Waals surface area (Å²) in [5.41, 5.74) is 2.29. The van der Waals surface area contributed by atoms with Crippen LogP contribution in [-0.2, 0) is 6.54 Å². The van der Waals surface area contributed by atoms with E-state index in [1.807, 2.05) is 29.1 Å². The Bertz CT molecular complexity index is 611. The van der Waals surface area contributed by atoms with Gasteiger partial charge in [0, 0.05) is 30.6 Å². The Morgan fingerprint density at radius 1 is 1.33 bits per heavy atom. The lowest BCUT2D eigenvalue weighted by Gasteiger charge is -2.24. The second-order valence-corrected chi connectivity index (χ2v) is 6.89. The van der Waals surface area contributed by atoms with Crippen molar-refractivity contribution in [3.8, 4) is 5.69 Å². The molecule has 110 valence electrons. The van der Waals surface area contributed by atoms with Gasteiger partial charge in [-0.1, -0.05) is 42.2 Å². The summed E-state index contributed by atoms with van der Waals surface area (Å²) >= 11 is 7.11. The molecule has 0 saturated carbocycles. The predicted molar refractivity (Wildman–Crippen MR) is 91.7 cm³/mol. The van der Waals surface area contributed by atoms with Crippen molar-refractivity contribution in [1.82, 2.24) is 19.6 Å². The number of aromatic nitrogens is 2. The van der Waals surface area contributed by atoms with Crippen molar-refractivity contribution in [3.63, 3.8) is 0 Å². The molecule has 6 heteroatoms. The van der Waals surface area contributed by atoms with Crippen molar-refractivity contribution in [1.29, 1.82) is 0 Å². The third-order valence-corrected chi connectivity index (χ3v) is 4.87. The van der Waals surface area contributed by atoms with Gasteiger partial charge in [-0.25, -0.2) is 4.68 Å². The van der Waals surface area contributed by atoms with E-state index in [1.165, 1.54) is 5.56 Å². The van der Waals surface area contributed by atoms with E-state index in [4.69, 9.17) is 12.2 Å². The summed E-state index contributed by atoms with van der Waals surface area (Å²) in [7, 11) is 2.12. The van der Waals surface area contributed by atoms with Gasteiger partial charge < -0.3 is 4.90 Å². The van der Waals surface area contributed by atoms with Crippen LogP contribution < -0.4 is 0 Å². The zero-order valence-electron chi connectivity index (χ0n) is 12.0. The molecule has 0 amide bonds. The van der Waals surface area contributed by atoms with Crippen LogP contribution in [0.4, 0.5) is 0 Å². The largest absolute Gasteiger partial charge is 0.344 e. The first-order valence-corrected chi connectivity index (χ1v) is 8.31. The minimum absolute atomic E-state index is 0.872. The van der Waals surface area contributed by atoms with Crippen molar-refractivity contribution in [2.75, 3.05) is 26.0 Å². The lowest BCUT2D eigenvalue weighted by molar-refractivity contribution is 0.229. The van der Waals surface area contributed by atoms with Crippen LogP contribution in [0.15, 0.2) is 42.7 Å². The Labute approximate surface area is 134 Å². The average molecular weight is 318 g/mol. The van der Waals surface area contributed by atoms with Gasteiger partial charge in [-0.3, -0.25) is 4.90 Å². The van der Waals surface area contributed by atoms with Crippen LogP contribution in [0, 0.1) is 0 Å². The molecule has 1 aliphatic rings. The number of nitrogens with zero attached hydrogens (tertiary/aromatic N) is 4. The molecule has 0 spiro atoms. The van der Waals surface area contributed by atoms with Crippen molar-refractivity contribution >= 4 is 28.3 Å². The van der Waals surface area contributed by atoms with Gasteiger partial charge in [0.2, 0.25) is 0 Å². The van der Waals surface area contributed by atoms with Gasteiger partial charge in [0.1, 0.15) is 4.32 Å². The molecule has 1 fully saturated rings. The minimum atomic E-state index is 0.872. The second kappa shape index (κ2) is 6.60. The molecule has 1 saturated heterocycles. The third-order valence-electron chi connectivity index (χ3n) is 3.37. The fourth-order valence-electron chi connectivity index (χ4n) is 2.37. The highest BCUT2D eigenvalue weighted by atomic mass is 32.2. The molecule has 0 radical (unpaired) electrons. The van der Waals surface area contributed by atoms with Gasteiger partial charge in [0.05, 0.1) is 18.6 Å². The first kappa shape index (κ1) is 14.6. The molecule has 21 heavy (non-hydrogen) atoms. The van der Waals surface area contributed by atoms with E-state index in [-0.39, 0.29) is 0 Å². The van der Waals surface area contributed by atoms with Crippen LogP contribution >= 0.6 is 24.0 Å². The normalized spacial score (nSPS) is 15.1. The number of thiocarbonyl (C=S) groups is 1. The highest BCUT2D eigenvalue weighted by Gasteiger charge is 2.18. The molecule has 1 aliphatic heterocycles. The standard InChI is InChI=1S/C15H18N4S2/c1-17(12-18-7-8-21-15(18)20)10-13-9-16-19(11-13)14-5-3-2-4-6-14/h2-6,9,11H,7-8,10,12H2,1H3. The van der Waals surface area contributed by atoms with E-state index in [2.05, 4.69) is 40.3 Å². The van der Waals surface area contributed by atoms with Crippen LogP contribution in [0.5, 0.6) is 0 Å². The van der Waals surface area contributed by atoms with Crippen LogP contribution in [0.25, 0.3) is 5.69 Å². The first-order chi connectivity index (χ1) is 10.2. The third kappa shape index (κ3) is 3.64. The molecule has 4 nitrogen and oxygen atoms in total. The van der Waals surface area contributed by atoms with Crippen molar-refractivity contribution in [2.45, 2.75) is 6.54 Å².